The van der Waals surface area contributed by atoms with Gasteiger partial charge in [-0.2, -0.15) is 0 Å². The molecular weight excluding hydrogens is 282 g/mol. The van der Waals surface area contributed by atoms with E-state index in [2.05, 4.69) is 4.74 Å². The predicted molar refractivity (Wildman–Crippen MR) is 78.4 cm³/mol. The summed E-state index contributed by atoms with van der Waals surface area (Å²) >= 11 is 0. The molecule has 0 saturated heterocycles. The number of hydrogen-bond donors (Lipinski definition) is 0. The molecule has 0 atom stereocenters. The minimum Gasteiger partial charge on any atom is -0.465 e. The Hall–Kier alpha value is -2.95. The highest BCUT2D eigenvalue weighted by Crippen LogP contribution is 2.24. The minimum atomic E-state index is -0.523. The molecule has 2 amide bonds. The summed E-state index contributed by atoms with van der Waals surface area (Å²) in [6.45, 7) is 0.246. The molecule has 2 aromatic rings. The molecule has 0 aliphatic carbocycles. The molecule has 0 bridgehead atoms. The van der Waals surface area contributed by atoms with E-state index in [1.54, 1.807) is 30.3 Å². The number of hydrogen-bond acceptors (Lipinski definition) is 4. The highest BCUT2D eigenvalue weighted by molar-refractivity contribution is 6.13. The number of imide groups is 1. The first-order chi connectivity index (χ1) is 10.6. The quantitative estimate of drug-likeness (QED) is 0.630. The fourth-order valence-electron chi connectivity index (χ4n) is 2.47. The van der Waals surface area contributed by atoms with Crippen molar-refractivity contribution in [1.29, 1.82) is 0 Å². The molecule has 0 spiro atoms. The van der Waals surface area contributed by atoms with Gasteiger partial charge < -0.3 is 4.74 Å². The topological polar surface area (TPSA) is 63.7 Å². The first-order valence-electron chi connectivity index (χ1n) is 6.74. The van der Waals surface area contributed by atoms with E-state index in [1.165, 1.54) is 18.1 Å². The highest BCUT2D eigenvalue weighted by atomic mass is 16.5. The second-order valence-corrected chi connectivity index (χ2v) is 4.93. The normalized spacial score (nSPS) is 13.0. The summed E-state index contributed by atoms with van der Waals surface area (Å²) in [6.07, 6.45) is 0. The number of methoxy groups -OCH3 is 1. The predicted octanol–water partition coefficient (Wildman–Crippen LogP) is 2.27. The summed E-state index contributed by atoms with van der Waals surface area (Å²) in [5, 5.41) is 0. The van der Waals surface area contributed by atoms with Crippen LogP contribution in [0.25, 0.3) is 0 Å². The van der Waals surface area contributed by atoms with Crippen LogP contribution >= 0.6 is 0 Å². The van der Waals surface area contributed by atoms with Crippen LogP contribution in [-0.4, -0.2) is 29.8 Å². The van der Waals surface area contributed by atoms with Crippen molar-refractivity contribution in [3.63, 3.8) is 0 Å². The van der Waals surface area contributed by atoms with Crippen LogP contribution in [0.2, 0.25) is 0 Å². The van der Waals surface area contributed by atoms with Crippen LogP contribution < -0.4 is 0 Å². The van der Waals surface area contributed by atoms with Crippen LogP contribution in [0.5, 0.6) is 0 Å². The first-order valence-corrected chi connectivity index (χ1v) is 6.74. The lowest BCUT2D eigenvalue weighted by atomic mass is 10.1. The molecule has 0 saturated carbocycles. The van der Waals surface area contributed by atoms with Crippen molar-refractivity contribution in [3.8, 4) is 0 Å². The number of esters is 1. The maximum Gasteiger partial charge on any atom is 0.337 e. The van der Waals surface area contributed by atoms with Crippen molar-refractivity contribution in [1.82, 2.24) is 4.90 Å². The van der Waals surface area contributed by atoms with E-state index in [9.17, 15) is 14.4 Å². The maximum absolute atomic E-state index is 12.5. The number of fused-ring (bicyclic) bond motifs is 1. The summed E-state index contributed by atoms with van der Waals surface area (Å²) in [6, 6.07) is 13.3. The van der Waals surface area contributed by atoms with Crippen molar-refractivity contribution in [3.05, 3.63) is 70.8 Å². The monoisotopic (exact) mass is 295 g/mol. The smallest absolute Gasteiger partial charge is 0.337 e. The SMILES string of the molecule is COC(=O)c1cccc(C(=O)N2Cc3ccccc3C2=O)c1. The van der Waals surface area contributed by atoms with E-state index in [1.807, 2.05) is 12.1 Å². The summed E-state index contributed by atoms with van der Waals surface area (Å²) in [4.78, 5) is 37.6. The van der Waals surface area contributed by atoms with Gasteiger partial charge in [-0.15, -0.1) is 0 Å². The van der Waals surface area contributed by atoms with E-state index < -0.39 is 11.9 Å². The third-order valence-electron chi connectivity index (χ3n) is 3.60. The van der Waals surface area contributed by atoms with E-state index >= 15 is 0 Å². The van der Waals surface area contributed by atoms with Gasteiger partial charge in [0.05, 0.1) is 19.2 Å². The van der Waals surface area contributed by atoms with Crippen LogP contribution in [-0.2, 0) is 11.3 Å². The largest absolute Gasteiger partial charge is 0.465 e. The van der Waals surface area contributed by atoms with Gasteiger partial charge in [-0.05, 0) is 29.8 Å². The van der Waals surface area contributed by atoms with Gasteiger partial charge >= 0.3 is 5.97 Å². The van der Waals surface area contributed by atoms with Gasteiger partial charge in [0.1, 0.15) is 0 Å². The number of nitrogens with zero attached hydrogens (tertiary/aromatic N) is 1. The molecule has 3 rings (SSSR count). The van der Waals surface area contributed by atoms with Crippen molar-refractivity contribution in [2.75, 3.05) is 7.11 Å². The second kappa shape index (κ2) is 5.44. The average molecular weight is 295 g/mol. The summed E-state index contributed by atoms with van der Waals surface area (Å²) in [5.74, 6) is -1.26. The third-order valence-corrected chi connectivity index (χ3v) is 3.60. The van der Waals surface area contributed by atoms with Crippen molar-refractivity contribution >= 4 is 17.8 Å². The number of carbonyl (C=O) groups excluding carboxylic acids is 3. The lowest BCUT2D eigenvalue weighted by Gasteiger charge is -2.14. The molecule has 0 aromatic heterocycles. The maximum atomic E-state index is 12.5. The van der Waals surface area contributed by atoms with Crippen LogP contribution in [0.15, 0.2) is 48.5 Å². The van der Waals surface area contributed by atoms with Crippen LogP contribution in [0, 0.1) is 0 Å². The fourth-order valence-corrected chi connectivity index (χ4v) is 2.47. The van der Waals surface area contributed by atoms with E-state index in [4.69, 9.17) is 0 Å². The van der Waals surface area contributed by atoms with Crippen LogP contribution in [0.1, 0.15) is 36.6 Å². The average Bonchev–Trinajstić information content (AvgIpc) is 2.91. The molecule has 0 unspecified atom stereocenters. The number of rotatable bonds is 2. The zero-order chi connectivity index (χ0) is 15.7. The molecule has 2 aromatic carbocycles. The molecule has 1 heterocycles. The van der Waals surface area contributed by atoms with Crippen LogP contribution in [0.3, 0.4) is 0 Å². The van der Waals surface area contributed by atoms with Gasteiger partial charge in [-0.1, -0.05) is 24.3 Å². The minimum absolute atomic E-state index is 0.246. The van der Waals surface area contributed by atoms with Gasteiger partial charge in [-0.3, -0.25) is 14.5 Å². The Kier molecular flexibility index (Phi) is 3.47. The zero-order valence-electron chi connectivity index (χ0n) is 11.9. The lowest BCUT2D eigenvalue weighted by Crippen LogP contribution is -2.31. The number of benzene rings is 2. The van der Waals surface area contributed by atoms with Crippen molar-refractivity contribution in [2.24, 2.45) is 0 Å². The van der Waals surface area contributed by atoms with Gasteiger partial charge in [-0.25, -0.2) is 4.79 Å². The molecule has 22 heavy (non-hydrogen) atoms. The molecule has 0 radical (unpaired) electrons. The second-order valence-electron chi connectivity index (χ2n) is 4.93. The van der Waals surface area contributed by atoms with Crippen molar-refractivity contribution < 1.29 is 19.1 Å². The van der Waals surface area contributed by atoms with Crippen LogP contribution in [0.4, 0.5) is 0 Å². The Labute approximate surface area is 127 Å². The molecule has 5 heteroatoms. The molecule has 1 aliphatic rings. The van der Waals surface area contributed by atoms with Gasteiger partial charge in [0, 0.05) is 11.1 Å². The van der Waals surface area contributed by atoms with E-state index in [-0.39, 0.29) is 23.6 Å². The first kappa shape index (κ1) is 14.0. The molecule has 0 N–H and O–H groups in total. The summed E-state index contributed by atoms with van der Waals surface area (Å²) < 4.78 is 4.64. The number of amides is 2. The highest BCUT2D eigenvalue weighted by Gasteiger charge is 2.32. The zero-order valence-corrected chi connectivity index (χ0v) is 11.9. The van der Waals surface area contributed by atoms with Gasteiger partial charge in [0.25, 0.3) is 11.8 Å². The van der Waals surface area contributed by atoms with Gasteiger partial charge in [0.15, 0.2) is 0 Å². The number of ether oxygens (including phenoxy) is 1. The number of carbonyl (C=O) groups is 3. The Morgan fingerprint density at radius 2 is 1.77 bits per heavy atom. The standard InChI is InChI=1S/C17H13NO4/c1-22-17(21)12-7-4-6-11(9-12)15(19)18-10-13-5-2-3-8-14(13)16(18)20/h2-9H,10H2,1H3. The van der Waals surface area contributed by atoms with E-state index in [0.29, 0.717) is 5.56 Å². The Morgan fingerprint density at radius 3 is 2.50 bits per heavy atom. The Balaban J connectivity index is 1.90. The van der Waals surface area contributed by atoms with Crippen molar-refractivity contribution in [2.45, 2.75) is 6.54 Å². The fraction of sp³-hybridized carbons (Fsp3) is 0.118. The summed E-state index contributed by atoms with van der Waals surface area (Å²) in [5.41, 5.74) is 1.92. The molecule has 0 fully saturated rings. The molecular formula is C17H13NO4. The summed E-state index contributed by atoms with van der Waals surface area (Å²) in [7, 11) is 1.28. The van der Waals surface area contributed by atoms with E-state index in [0.717, 1.165) is 5.56 Å². The Bertz CT molecular complexity index is 782. The molecule has 1 aliphatic heterocycles. The third kappa shape index (κ3) is 2.26. The molecule has 5 nitrogen and oxygen atoms in total. The van der Waals surface area contributed by atoms with Gasteiger partial charge in [0.2, 0.25) is 0 Å². The Morgan fingerprint density at radius 1 is 1.05 bits per heavy atom. The molecule has 110 valence electrons. The lowest BCUT2D eigenvalue weighted by molar-refractivity contribution is 0.0600.